The topological polar surface area (TPSA) is 111 Å². The van der Waals surface area contributed by atoms with E-state index in [0.29, 0.717) is 11.5 Å². The number of carbonyl (C=O) groups is 1. The van der Waals surface area contributed by atoms with Crippen molar-refractivity contribution in [1.82, 2.24) is 4.98 Å². The van der Waals surface area contributed by atoms with E-state index >= 15 is 0 Å². The number of aromatic nitrogens is 1. The van der Waals surface area contributed by atoms with E-state index in [9.17, 15) is 4.79 Å². The van der Waals surface area contributed by atoms with Crippen LogP contribution in [0.4, 0.5) is 11.5 Å². The molecule has 4 rings (SSSR count). The number of hydrogen-bond acceptors (Lipinski definition) is 7. The molecule has 2 heterocycles. The summed E-state index contributed by atoms with van der Waals surface area (Å²) in [5.74, 6) is 5.43. The van der Waals surface area contributed by atoms with E-state index in [1.54, 1.807) is 13.0 Å². The normalized spacial score (nSPS) is 16.1. The summed E-state index contributed by atoms with van der Waals surface area (Å²) >= 11 is 0. The maximum absolute atomic E-state index is 12.9. The second-order valence-corrected chi connectivity index (χ2v) is 9.65. The number of aryl methyl sites for hydroxylation is 1. The molecule has 0 aliphatic carbocycles. The van der Waals surface area contributed by atoms with E-state index < -0.39 is 24.2 Å². The molecule has 2 aromatic carbocycles. The summed E-state index contributed by atoms with van der Waals surface area (Å²) < 4.78 is 12.3. The number of amides is 1. The molecule has 39 heavy (non-hydrogen) atoms. The Hall–Kier alpha value is -3.56. The molecule has 0 saturated carbocycles. The first-order chi connectivity index (χ1) is 18.5. The molecule has 0 spiro atoms. The maximum Gasteiger partial charge on any atom is 0.494 e. The summed E-state index contributed by atoms with van der Waals surface area (Å²) in [4.78, 5) is 21.9. The van der Waals surface area contributed by atoms with Gasteiger partial charge in [0.1, 0.15) is 5.82 Å². The SMILES string of the molecule is CC.CC.CC(=Nc1ccccc1C)/C(=N\N)C(=O)Nc1ccc2cc(B3OC(C)(C)C(C)(C)O3)ccc2n1. The van der Waals surface area contributed by atoms with Crippen LogP contribution in [0.2, 0.25) is 0 Å². The van der Waals surface area contributed by atoms with Crippen LogP contribution >= 0.6 is 0 Å². The Morgan fingerprint density at radius 3 is 2.15 bits per heavy atom. The lowest BCUT2D eigenvalue weighted by Gasteiger charge is -2.32. The molecule has 0 bridgehead atoms. The van der Waals surface area contributed by atoms with Crippen LogP contribution in [-0.4, -0.2) is 40.6 Å². The van der Waals surface area contributed by atoms with Crippen LogP contribution in [0.5, 0.6) is 0 Å². The number of nitrogens with zero attached hydrogens (tertiary/aromatic N) is 3. The van der Waals surface area contributed by atoms with Crippen LogP contribution < -0.4 is 16.6 Å². The molecule has 3 N–H and O–H groups in total. The van der Waals surface area contributed by atoms with Gasteiger partial charge in [-0.1, -0.05) is 58.0 Å². The largest absolute Gasteiger partial charge is 0.494 e. The molecule has 1 amide bonds. The lowest BCUT2D eigenvalue weighted by Crippen LogP contribution is -2.41. The van der Waals surface area contributed by atoms with Gasteiger partial charge in [0.05, 0.1) is 28.1 Å². The van der Waals surface area contributed by atoms with Crippen molar-refractivity contribution in [3.63, 3.8) is 0 Å². The Kier molecular flexibility index (Phi) is 11.0. The number of benzene rings is 2. The molecule has 208 valence electrons. The van der Waals surface area contributed by atoms with Gasteiger partial charge in [-0.2, -0.15) is 5.10 Å². The minimum absolute atomic E-state index is 0.0336. The summed E-state index contributed by atoms with van der Waals surface area (Å²) in [6.07, 6.45) is 0. The molecule has 1 aliphatic rings. The zero-order valence-electron chi connectivity index (χ0n) is 24.9. The number of aliphatic imine (C=N–C) groups is 1. The summed E-state index contributed by atoms with van der Waals surface area (Å²) in [5.41, 5.74) is 2.98. The predicted molar refractivity (Wildman–Crippen MR) is 164 cm³/mol. The highest BCUT2D eigenvalue weighted by Gasteiger charge is 2.51. The van der Waals surface area contributed by atoms with Crippen molar-refractivity contribution in [3.8, 4) is 0 Å². The van der Waals surface area contributed by atoms with Gasteiger partial charge in [0.2, 0.25) is 0 Å². The number of nitrogens with two attached hydrogens (primary N) is 1. The Balaban J connectivity index is 0.00000127. The highest BCUT2D eigenvalue weighted by molar-refractivity contribution is 6.68. The van der Waals surface area contributed by atoms with Crippen molar-refractivity contribution in [1.29, 1.82) is 0 Å². The zero-order valence-corrected chi connectivity index (χ0v) is 24.9. The molecule has 8 nitrogen and oxygen atoms in total. The Morgan fingerprint density at radius 2 is 1.56 bits per heavy atom. The number of hydrazone groups is 1. The quantitative estimate of drug-likeness (QED) is 0.183. The van der Waals surface area contributed by atoms with Crippen LogP contribution in [0.1, 0.15) is 67.9 Å². The van der Waals surface area contributed by atoms with E-state index in [1.807, 2.05) is 111 Å². The molecule has 0 unspecified atom stereocenters. The van der Waals surface area contributed by atoms with Crippen molar-refractivity contribution in [3.05, 3.63) is 60.2 Å². The first-order valence-corrected chi connectivity index (χ1v) is 13.5. The maximum atomic E-state index is 12.9. The minimum atomic E-state index is -0.483. The lowest BCUT2D eigenvalue weighted by molar-refractivity contribution is -0.110. The van der Waals surface area contributed by atoms with E-state index in [2.05, 4.69) is 20.4 Å². The van der Waals surface area contributed by atoms with E-state index in [-0.39, 0.29) is 5.71 Å². The number of nitrogens with one attached hydrogen (secondary N) is 1. The number of pyridine rings is 1. The molecule has 1 aromatic heterocycles. The average molecular weight is 532 g/mol. The Labute approximate surface area is 233 Å². The van der Waals surface area contributed by atoms with Gasteiger partial charge in [0.25, 0.3) is 5.91 Å². The number of para-hydroxylation sites is 1. The molecule has 1 aliphatic heterocycles. The number of rotatable bonds is 5. The first-order valence-electron chi connectivity index (χ1n) is 13.5. The average Bonchev–Trinajstić information content (AvgIpc) is 3.14. The van der Waals surface area contributed by atoms with E-state index in [4.69, 9.17) is 15.2 Å². The summed E-state index contributed by atoms with van der Waals surface area (Å²) in [6.45, 7) is 19.7. The Morgan fingerprint density at radius 1 is 0.949 bits per heavy atom. The minimum Gasteiger partial charge on any atom is -0.399 e. The molecule has 3 aromatic rings. The third kappa shape index (κ3) is 7.31. The van der Waals surface area contributed by atoms with Crippen molar-refractivity contribution in [2.45, 2.75) is 80.4 Å². The van der Waals surface area contributed by atoms with Gasteiger partial charge in [-0.15, -0.1) is 0 Å². The predicted octanol–water partition coefficient (Wildman–Crippen LogP) is 5.94. The fraction of sp³-hybridized carbons (Fsp3) is 0.400. The third-order valence-corrected chi connectivity index (χ3v) is 6.57. The van der Waals surface area contributed by atoms with Gasteiger partial charge in [0, 0.05) is 0 Å². The molecular weight excluding hydrogens is 489 g/mol. The molecule has 1 saturated heterocycles. The Bertz CT molecular complexity index is 1340. The van der Waals surface area contributed by atoms with Gasteiger partial charge >= 0.3 is 7.12 Å². The molecule has 9 heteroatoms. The molecule has 0 radical (unpaired) electrons. The van der Waals surface area contributed by atoms with Crippen LogP contribution in [-0.2, 0) is 14.1 Å². The van der Waals surface area contributed by atoms with Gasteiger partial charge < -0.3 is 20.5 Å². The van der Waals surface area contributed by atoms with Gasteiger partial charge in [0.15, 0.2) is 5.71 Å². The van der Waals surface area contributed by atoms with Gasteiger partial charge in [-0.3, -0.25) is 9.79 Å². The second-order valence-electron chi connectivity index (χ2n) is 9.65. The molecule has 0 atom stereocenters. The van der Waals surface area contributed by atoms with Crippen LogP contribution in [0.15, 0.2) is 64.7 Å². The summed E-state index contributed by atoms with van der Waals surface area (Å²) in [7, 11) is -0.456. The van der Waals surface area contributed by atoms with Crippen molar-refractivity contribution < 1.29 is 14.1 Å². The monoisotopic (exact) mass is 531 g/mol. The molecule has 1 fully saturated rings. The summed E-state index contributed by atoms with van der Waals surface area (Å²) in [5, 5.41) is 7.34. The van der Waals surface area contributed by atoms with Crippen molar-refractivity contribution >= 4 is 52.3 Å². The number of carbonyl (C=O) groups excluding carboxylic acids is 1. The standard InChI is InChI=1S/C26H30BN5O3.2C2H6/c1-16-9-7-8-10-20(16)29-17(2)23(32-28)24(33)31-22-14-11-18-15-19(12-13-21(18)30-22)27-34-25(3,4)26(5,6)35-27;2*1-2/h7-15H,28H2,1-6H3,(H,30,31,33);2*1-2H3/b29-17?,32-23+;;. The van der Waals surface area contributed by atoms with Crippen molar-refractivity contribution in [2.75, 3.05) is 5.32 Å². The van der Waals surface area contributed by atoms with Crippen LogP contribution in [0.3, 0.4) is 0 Å². The fourth-order valence-electron chi connectivity index (χ4n) is 3.75. The summed E-state index contributed by atoms with van der Waals surface area (Å²) in [6, 6.07) is 17.0. The van der Waals surface area contributed by atoms with Crippen LogP contribution in [0.25, 0.3) is 10.9 Å². The van der Waals surface area contributed by atoms with E-state index in [1.165, 1.54) is 0 Å². The zero-order chi connectivity index (χ0) is 29.4. The fourth-order valence-corrected chi connectivity index (χ4v) is 3.75. The molecular formula is C30H42BN5O3. The highest BCUT2D eigenvalue weighted by Crippen LogP contribution is 2.36. The number of fused-ring (bicyclic) bond motifs is 1. The lowest BCUT2D eigenvalue weighted by atomic mass is 9.78. The van der Waals surface area contributed by atoms with Crippen molar-refractivity contribution in [2.24, 2.45) is 15.9 Å². The van der Waals surface area contributed by atoms with Gasteiger partial charge in [-0.05, 0) is 82.2 Å². The van der Waals surface area contributed by atoms with Gasteiger partial charge in [-0.25, -0.2) is 4.98 Å². The smallest absolute Gasteiger partial charge is 0.399 e. The third-order valence-electron chi connectivity index (χ3n) is 6.57. The number of anilines is 1. The van der Waals surface area contributed by atoms with E-state index in [0.717, 1.165) is 27.6 Å². The first kappa shape index (κ1) is 31.7. The number of hydrogen-bond donors (Lipinski definition) is 2. The highest BCUT2D eigenvalue weighted by atomic mass is 16.7. The second kappa shape index (κ2) is 13.5. The van der Waals surface area contributed by atoms with Crippen LogP contribution in [0, 0.1) is 6.92 Å².